The molecule has 4 aromatic carbocycles. The maximum atomic E-state index is 2.44. The number of allylic oxidation sites excluding steroid dienone is 4. The standard InChI is InChI=1S/C13H9.C13H10.C7H9.Zr/c1-3-7-12-10(5-1)9-11-6-2-4-8-13(11)12;1-3-7-12(8-4-1)11-13-9-5-2-6-10-13;1-6-3-4-7(2)5-6;/h1-9H;1-10H;5H,3H2,1-2H3;. The third kappa shape index (κ3) is 3.68. The molecule has 0 saturated carbocycles. The third-order valence-corrected chi connectivity index (χ3v) is 15.9. The molecule has 0 atom stereocenters. The molecule has 0 spiro atoms. The van der Waals surface area contributed by atoms with Gasteiger partial charge in [0.1, 0.15) is 0 Å². The number of rotatable bonds is 4. The van der Waals surface area contributed by atoms with Crippen molar-refractivity contribution in [2.75, 3.05) is 0 Å². The molecule has 0 bridgehead atoms. The second-order valence-corrected chi connectivity index (χ2v) is 15.6. The predicted octanol–water partition coefficient (Wildman–Crippen LogP) is 8.27. The Kier molecular flexibility index (Phi) is 5.76. The van der Waals surface area contributed by atoms with E-state index in [0.717, 1.165) is 6.42 Å². The Labute approximate surface area is 210 Å². The van der Waals surface area contributed by atoms with E-state index in [0.29, 0.717) is 3.63 Å². The summed E-state index contributed by atoms with van der Waals surface area (Å²) in [7, 11) is 0. The van der Waals surface area contributed by atoms with Gasteiger partial charge in [-0.05, 0) is 0 Å². The summed E-state index contributed by atoms with van der Waals surface area (Å²) >= 11 is -2.56. The van der Waals surface area contributed by atoms with Crippen LogP contribution in [-0.4, -0.2) is 3.21 Å². The van der Waals surface area contributed by atoms with E-state index in [1.807, 2.05) is 0 Å². The van der Waals surface area contributed by atoms with Crippen LogP contribution in [0.3, 0.4) is 0 Å². The van der Waals surface area contributed by atoms with Gasteiger partial charge >= 0.3 is 211 Å². The Morgan fingerprint density at radius 2 is 1.09 bits per heavy atom. The van der Waals surface area contributed by atoms with E-state index < -0.39 is 21.3 Å². The number of fused-ring (bicyclic) bond motifs is 3. The van der Waals surface area contributed by atoms with Crippen LogP contribution in [-0.2, 0) is 21.3 Å². The Balaban J connectivity index is 1.74. The zero-order valence-electron chi connectivity index (χ0n) is 19.8. The molecule has 0 fully saturated rings. The molecule has 0 saturated heterocycles. The zero-order chi connectivity index (χ0) is 23.1. The van der Waals surface area contributed by atoms with E-state index >= 15 is 0 Å². The summed E-state index contributed by atoms with van der Waals surface area (Å²) in [6.45, 7) is 4.66. The van der Waals surface area contributed by atoms with Crippen molar-refractivity contribution in [3.63, 3.8) is 0 Å². The van der Waals surface area contributed by atoms with Gasteiger partial charge < -0.3 is 0 Å². The van der Waals surface area contributed by atoms with Crippen LogP contribution in [0.15, 0.2) is 130 Å². The Morgan fingerprint density at radius 1 is 0.618 bits per heavy atom. The van der Waals surface area contributed by atoms with Crippen LogP contribution < -0.4 is 0 Å². The van der Waals surface area contributed by atoms with Crippen LogP contribution >= 0.6 is 0 Å². The summed E-state index contributed by atoms with van der Waals surface area (Å²) < 4.78 is 3.85. The van der Waals surface area contributed by atoms with Crippen LogP contribution in [0.25, 0.3) is 11.1 Å². The molecule has 6 rings (SSSR count). The molecule has 0 N–H and O–H groups in total. The molecule has 2 aliphatic carbocycles. The molecule has 0 unspecified atom stereocenters. The summed E-state index contributed by atoms with van der Waals surface area (Å²) in [5.74, 6) is 0. The van der Waals surface area contributed by atoms with Gasteiger partial charge in [-0.25, -0.2) is 0 Å². The van der Waals surface area contributed by atoms with Gasteiger partial charge in [0.05, 0.1) is 0 Å². The Morgan fingerprint density at radius 3 is 1.56 bits per heavy atom. The van der Waals surface area contributed by atoms with E-state index in [-0.39, 0.29) is 0 Å². The van der Waals surface area contributed by atoms with Crippen molar-refractivity contribution in [1.82, 2.24) is 0 Å². The summed E-state index contributed by atoms with van der Waals surface area (Å²) in [6.07, 6.45) is 3.57. The van der Waals surface area contributed by atoms with Crippen LogP contribution in [0.2, 0.25) is 0 Å². The summed E-state index contributed by atoms with van der Waals surface area (Å²) in [5.41, 5.74) is 11.7. The number of hydrogen-bond acceptors (Lipinski definition) is 0. The molecule has 0 aliphatic heterocycles. The van der Waals surface area contributed by atoms with Crippen LogP contribution in [0.1, 0.15) is 46.1 Å². The molecule has 0 nitrogen and oxygen atoms in total. The molecule has 2 aliphatic rings. The normalized spacial score (nSPS) is 14.6. The average Bonchev–Trinajstić information content (AvgIpc) is 3.39. The van der Waals surface area contributed by atoms with Gasteiger partial charge in [-0.1, -0.05) is 0 Å². The van der Waals surface area contributed by atoms with E-state index in [2.05, 4.69) is 129 Å². The molecule has 0 radical (unpaired) electrons. The van der Waals surface area contributed by atoms with Crippen molar-refractivity contribution in [2.45, 2.75) is 23.9 Å². The Bertz CT molecular complexity index is 1380. The van der Waals surface area contributed by atoms with Gasteiger partial charge in [-0.2, -0.15) is 0 Å². The molecular formula is C33H28Zr. The van der Waals surface area contributed by atoms with Crippen LogP contribution in [0.5, 0.6) is 0 Å². The first-order chi connectivity index (χ1) is 16.7. The van der Waals surface area contributed by atoms with Crippen molar-refractivity contribution in [3.05, 3.63) is 152 Å². The quantitative estimate of drug-likeness (QED) is 0.257. The fraction of sp³-hybridized carbons (Fsp3) is 0.121. The fourth-order valence-corrected chi connectivity index (χ4v) is 15.7. The average molecular weight is 516 g/mol. The number of benzene rings is 4. The van der Waals surface area contributed by atoms with E-state index in [1.54, 1.807) is 6.49 Å². The van der Waals surface area contributed by atoms with Gasteiger partial charge in [-0.3, -0.25) is 0 Å². The van der Waals surface area contributed by atoms with Gasteiger partial charge in [0.25, 0.3) is 0 Å². The van der Waals surface area contributed by atoms with Gasteiger partial charge in [0, 0.05) is 0 Å². The molecule has 164 valence electrons. The van der Waals surface area contributed by atoms with E-state index in [9.17, 15) is 0 Å². The van der Waals surface area contributed by atoms with Crippen LogP contribution in [0.4, 0.5) is 0 Å². The SMILES string of the molecule is CC1=CC(C)=[C]([Zr](=[C](c2ccccc2)c2ccccc2)[CH]2c3ccccc3-c3ccccc32)C1. The minimum absolute atomic E-state index is 0.481. The van der Waals surface area contributed by atoms with Crippen LogP contribution in [0, 0.1) is 0 Å². The Hall–Kier alpha value is -2.89. The monoisotopic (exact) mass is 514 g/mol. The molecular weight excluding hydrogens is 488 g/mol. The molecule has 34 heavy (non-hydrogen) atoms. The molecule has 4 aromatic rings. The van der Waals surface area contributed by atoms with Crippen molar-refractivity contribution < 1.29 is 21.3 Å². The molecule has 0 aromatic heterocycles. The van der Waals surface area contributed by atoms with E-state index in [4.69, 9.17) is 0 Å². The second-order valence-electron chi connectivity index (χ2n) is 9.46. The topological polar surface area (TPSA) is 0 Å². The summed E-state index contributed by atoms with van der Waals surface area (Å²) in [4.78, 5) is 0. The van der Waals surface area contributed by atoms with Crippen molar-refractivity contribution in [1.29, 1.82) is 0 Å². The molecule has 0 amide bonds. The summed E-state index contributed by atoms with van der Waals surface area (Å²) in [6, 6.07) is 40.8. The van der Waals surface area contributed by atoms with Gasteiger partial charge in [0.15, 0.2) is 0 Å². The van der Waals surface area contributed by atoms with Gasteiger partial charge in [-0.15, -0.1) is 0 Å². The zero-order valence-corrected chi connectivity index (χ0v) is 22.2. The number of hydrogen-bond donors (Lipinski definition) is 0. The second kappa shape index (κ2) is 9.05. The van der Waals surface area contributed by atoms with Crippen molar-refractivity contribution in [3.8, 4) is 11.1 Å². The molecule has 0 heterocycles. The first kappa shape index (κ1) is 21.6. The summed E-state index contributed by atoms with van der Waals surface area (Å²) in [5, 5.41) is 0. The molecule has 1 heteroatoms. The van der Waals surface area contributed by atoms with Crippen molar-refractivity contribution in [2.24, 2.45) is 0 Å². The van der Waals surface area contributed by atoms with E-state index in [1.165, 1.54) is 44.5 Å². The first-order valence-corrected chi connectivity index (χ1v) is 16.0. The minimum atomic E-state index is -2.56. The van der Waals surface area contributed by atoms with Gasteiger partial charge in [0.2, 0.25) is 0 Å². The fourth-order valence-electron chi connectivity index (χ4n) is 5.86. The van der Waals surface area contributed by atoms with Crippen molar-refractivity contribution >= 4 is 3.21 Å². The predicted molar refractivity (Wildman–Crippen MR) is 141 cm³/mol. The first-order valence-electron chi connectivity index (χ1n) is 12.1. The maximum absolute atomic E-state index is 2.56. The third-order valence-electron chi connectivity index (χ3n) is 7.24.